The summed E-state index contributed by atoms with van der Waals surface area (Å²) in [5.74, 6) is 0.109. The largest absolute Gasteiger partial charge is 0.330 e. The fourth-order valence-electron chi connectivity index (χ4n) is 2.22. The van der Waals surface area contributed by atoms with Gasteiger partial charge in [0, 0.05) is 0 Å². The van der Waals surface area contributed by atoms with Crippen molar-refractivity contribution in [1.82, 2.24) is 0 Å². The highest BCUT2D eigenvalue weighted by Gasteiger charge is 2.11. The lowest BCUT2D eigenvalue weighted by atomic mass is 9.92. The monoisotopic (exact) mass is 321 g/mol. The average Bonchev–Trinajstić information content (AvgIpc) is 2.45. The van der Waals surface area contributed by atoms with Gasteiger partial charge >= 0.3 is 0 Å². The van der Waals surface area contributed by atoms with Crippen LogP contribution in [0, 0.1) is 5.82 Å². The molecule has 2 rings (SSSR count). The Morgan fingerprint density at radius 1 is 1.05 bits per heavy atom. The molecule has 2 N–H and O–H groups in total. The quantitative estimate of drug-likeness (QED) is 0.874. The number of hydrogen-bond donors (Lipinski definition) is 1. The molecular formula is C16H17BrFN. The Labute approximate surface area is 121 Å². The van der Waals surface area contributed by atoms with Crippen molar-refractivity contribution in [3.63, 3.8) is 0 Å². The molecule has 2 aromatic rings. The molecule has 0 aliphatic rings. The minimum absolute atomic E-state index is 0.207. The molecule has 0 spiro atoms. The van der Waals surface area contributed by atoms with Gasteiger partial charge in [-0.1, -0.05) is 42.5 Å². The van der Waals surface area contributed by atoms with Gasteiger partial charge in [-0.15, -0.1) is 0 Å². The molecule has 0 saturated carbocycles. The predicted molar refractivity (Wildman–Crippen MR) is 80.7 cm³/mol. The lowest BCUT2D eigenvalue weighted by Crippen LogP contribution is -2.13. The zero-order valence-corrected chi connectivity index (χ0v) is 12.2. The van der Waals surface area contributed by atoms with Crippen LogP contribution in [0.15, 0.2) is 53.0 Å². The summed E-state index contributed by atoms with van der Waals surface area (Å²) in [5.41, 5.74) is 8.09. The van der Waals surface area contributed by atoms with Crippen LogP contribution in [-0.4, -0.2) is 6.54 Å². The van der Waals surface area contributed by atoms with E-state index < -0.39 is 0 Å². The normalized spacial score (nSPS) is 12.4. The molecule has 0 aromatic heterocycles. The highest BCUT2D eigenvalue weighted by molar-refractivity contribution is 9.10. The van der Waals surface area contributed by atoms with Crippen LogP contribution in [0.2, 0.25) is 0 Å². The van der Waals surface area contributed by atoms with Gasteiger partial charge in [0.15, 0.2) is 0 Å². The highest BCUT2D eigenvalue weighted by Crippen LogP contribution is 2.25. The topological polar surface area (TPSA) is 26.0 Å². The maximum Gasteiger partial charge on any atom is 0.137 e. The lowest BCUT2D eigenvalue weighted by molar-refractivity contribution is 0.607. The van der Waals surface area contributed by atoms with Gasteiger partial charge in [0.25, 0.3) is 0 Å². The van der Waals surface area contributed by atoms with E-state index in [9.17, 15) is 4.39 Å². The zero-order chi connectivity index (χ0) is 13.7. The number of halogens is 2. The second kappa shape index (κ2) is 6.83. The standard InChI is InChI=1S/C16H17BrFN/c17-16-13(7-4-8-15(16)18)9-10-14(11-19)12-5-2-1-3-6-12/h1-8,14H,9-11,19H2. The van der Waals surface area contributed by atoms with Crippen LogP contribution in [0.25, 0.3) is 0 Å². The summed E-state index contributed by atoms with van der Waals surface area (Å²) in [6.07, 6.45) is 1.73. The predicted octanol–water partition coefficient (Wildman–Crippen LogP) is 4.26. The first-order valence-corrected chi connectivity index (χ1v) is 7.19. The van der Waals surface area contributed by atoms with Gasteiger partial charge in [0.2, 0.25) is 0 Å². The second-order valence-electron chi connectivity index (χ2n) is 4.59. The minimum Gasteiger partial charge on any atom is -0.330 e. The fourth-order valence-corrected chi connectivity index (χ4v) is 2.68. The first-order valence-electron chi connectivity index (χ1n) is 6.40. The first kappa shape index (κ1) is 14.2. The Hall–Kier alpha value is -1.19. The summed E-state index contributed by atoms with van der Waals surface area (Å²) in [6, 6.07) is 15.4. The van der Waals surface area contributed by atoms with E-state index in [2.05, 4.69) is 28.1 Å². The van der Waals surface area contributed by atoms with Crippen molar-refractivity contribution in [2.45, 2.75) is 18.8 Å². The third-order valence-electron chi connectivity index (χ3n) is 3.35. The van der Waals surface area contributed by atoms with Crippen LogP contribution >= 0.6 is 15.9 Å². The van der Waals surface area contributed by atoms with Crippen LogP contribution in [0.5, 0.6) is 0 Å². The van der Waals surface area contributed by atoms with Gasteiger partial charge in [-0.3, -0.25) is 0 Å². The molecular weight excluding hydrogens is 305 g/mol. The molecule has 19 heavy (non-hydrogen) atoms. The third-order valence-corrected chi connectivity index (χ3v) is 4.24. The van der Waals surface area contributed by atoms with Crippen LogP contribution in [0.3, 0.4) is 0 Å². The molecule has 0 aliphatic heterocycles. The first-order chi connectivity index (χ1) is 9.22. The Kier molecular flexibility index (Phi) is 5.11. The van der Waals surface area contributed by atoms with Gasteiger partial charge in [-0.05, 0) is 58.4 Å². The van der Waals surface area contributed by atoms with E-state index in [1.165, 1.54) is 11.6 Å². The molecule has 0 fully saturated rings. The van der Waals surface area contributed by atoms with Crippen molar-refractivity contribution in [1.29, 1.82) is 0 Å². The minimum atomic E-state index is -0.207. The van der Waals surface area contributed by atoms with E-state index in [-0.39, 0.29) is 5.82 Å². The van der Waals surface area contributed by atoms with Crippen molar-refractivity contribution >= 4 is 15.9 Å². The molecule has 1 atom stereocenters. The molecule has 0 saturated heterocycles. The number of rotatable bonds is 5. The fraction of sp³-hybridized carbons (Fsp3) is 0.250. The number of benzene rings is 2. The van der Waals surface area contributed by atoms with E-state index in [4.69, 9.17) is 5.73 Å². The van der Waals surface area contributed by atoms with Gasteiger partial charge in [-0.2, -0.15) is 0 Å². The summed E-state index contributed by atoms with van der Waals surface area (Å²) in [6.45, 7) is 0.608. The van der Waals surface area contributed by atoms with E-state index in [1.54, 1.807) is 6.07 Å². The molecule has 1 nitrogen and oxygen atoms in total. The Bertz CT molecular complexity index is 528. The van der Waals surface area contributed by atoms with E-state index in [0.29, 0.717) is 16.9 Å². The van der Waals surface area contributed by atoms with Crippen molar-refractivity contribution in [3.8, 4) is 0 Å². The summed E-state index contributed by atoms with van der Waals surface area (Å²) in [5, 5.41) is 0. The molecule has 1 unspecified atom stereocenters. The van der Waals surface area contributed by atoms with Gasteiger partial charge in [0.1, 0.15) is 5.82 Å². The molecule has 2 aromatic carbocycles. The highest BCUT2D eigenvalue weighted by atomic mass is 79.9. The van der Waals surface area contributed by atoms with Crippen LogP contribution in [0.4, 0.5) is 4.39 Å². The smallest absolute Gasteiger partial charge is 0.137 e. The van der Waals surface area contributed by atoms with Crippen molar-refractivity contribution in [2.75, 3.05) is 6.54 Å². The molecule has 3 heteroatoms. The lowest BCUT2D eigenvalue weighted by Gasteiger charge is -2.15. The van der Waals surface area contributed by atoms with Crippen LogP contribution < -0.4 is 5.73 Å². The second-order valence-corrected chi connectivity index (χ2v) is 5.39. The van der Waals surface area contributed by atoms with Gasteiger partial charge in [-0.25, -0.2) is 4.39 Å². The molecule has 0 aliphatic carbocycles. The zero-order valence-electron chi connectivity index (χ0n) is 10.7. The Balaban J connectivity index is 2.06. The van der Waals surface area contributed by atoms with Gasteiger partial charge < -0.3 is 5.73 Å². The van der Waals surface area contributed by atoms with Crippen LogP contribution in [-0.2, 0) is 6.42 Å². The number of aryl methyl sites for hydroxylation is 1. The molecule has 100 valence electrons. The van der Waals surface area contributed by atoms with Gasteiger partial charge in [0.05, 0.1) is 4.47 Å². The number of nitrogens with two attached hydrogens (primary N) is 1. The summed E-state index contributed by atoms with van der Waals surface area (Å²) >= 11 is 3.30. The summed E-state index contributed by atoms with van der Waals surface area (Å²) < 4.78 is 14.0. The third kappa shape index (κ3) is 3.64. The SMILES string of the molecule is NCC(CCc1cccc(F)c1Br)c1ccccc1. The van der Waals surface area contributed by atoms with Crippen molar-refractivity contribution in [2.24, 2.45) is 5.73 Å². The van der Waals surface area contributed by atoms with E-state index in [1.807, 2.05) is 24.3 Å². The molecule has 0 bridgehead atoms. The van der Waals surface area contributed by atoms with E-state index in [0.717, 1.165) is 18.4 Å². The maximum absolute atomic E-state index is 13.4. The summed E-state index contributed by atoms with van der Waals surface area (Å²) in [7, 11) is 0. The maximum atomic E-state index is 13.4. The Morgan fingerprint density at radius 2 is 1.79 bits per heavy atom. The molecule has 0 radical (unpaired) electrons. The van der Waals surface area contributed by atoms with E-state index >= 15 is 0 Å². The number of hydrogen-bond acceptors (Lipinski definition) is 1. The Morgan fingerprint density at radius 3 is 2.47 bits per heavy atom. The molecule has 0 amide bonds. The summed E-state index contributed by atoms with van der Waals surface area (Å²) in [4.78, 5) is 0. The average molecular weight is 322 g/mol. The molecule has 0 heterocycles. The van der Waals surface area contributed by atoms with Crippen molar-refractivity contribution in [3.05, 3.63) is 69.9 Å². The van der Waals surface area contributed by atoms with Crippen molar-refractivity contribution < 1.29 is 4.39 Å². The van der Waals surface area contributed by atoms with Crippen LogP contribution in [0.1, 0.15) is 23.5 Å².